The summed E-state index contributed by atoms with van der Waals surface area (Å²) >= 11 is 0. The number of carbonyl (C=O) groups is 1. The van der Waals surface area contributed by atoms with Crippen molar-refractivity contribution in [1.82, 2.24) is 9.21 Å². The first-order valence-electron chi connectivity index (χ1n) is 6.25. The van der Waals surface area contributed by atoms with Gasteiger partial charge in [0.25, 0.3) is 0 Å². The van der Waals surface area contributed by atoms with Crippen molar-refractivity contribution in [3.63, 3.8) is 0 Å². The molecular formula is C13H19FN2O3S. The van der Waals surface area contributed by atoms with E-state index in [4.69, 9.17) is 0 Å². The SMILES string of the molecule is CCCN(CC(=O)N(C)C)S(=O)(=O)c1ccccc1F. The molecule has 112 valence electrons. The van der Waals surface area contributed by atoms with Gasteiger partial charge < -0.3 is 4.90 Å². The lowest BCUT2D eigenvalue weighted by atomic mass is 10.3. The van der Waals surface area contributed by atoms with E-state index in [1.165, 1.54) is 23.1 Å². The van der Waals surface area contributed by atoms with Gasteiger partial charge in [-0.3, -0.25) is 4.79 Å². The molecule has 0 fully saturated rings. The van der Waals surface area contributed by atoms with Crippen LogP contribution in [0, 0.1) is 5.82 Å². The second-order valence-electron chi connectivity index (χ2n) is 4.56. The van der Waals surface area contributed by atoms with E-state index in [1.54, 1.807) is 21.0 Å². The van der Waals surface area contributed by atoms with E-state index in [1.807, 2.05) is 0 Å². The number of hydrogen-bond donors (Lipinski definition) is 0. The van der Waals surface area contributed by atoms with Crippen LogP contribution >= 0.6 is 0 Å². The molecule has 0 aliphatic rings. The number of halogens is 1. The molecule has 20 heavy (non-hydrogen) atoms. The van der Waals surface area contributed by atoms with Crippen LogP contribution in [0.4, 0.5) is 4.39 Å². The topological polar surface area (TPSA) is 57.7 Å². The zero-order valence-electron chi connectivity index (χ0n) is 11.8. The molecule has 0 aromatic heterocycles. The summed E-state index contributed by atoms with van der Waals surface area (Å²) in [4.78, 5) is 12.6. The normalized spacial score (nSPS) is 11.7. The van der Waals surface area contributed by atoms with Crippen molar-refractivity contribution < 1.29 is 17.6 Å². The van der Waals surface area contributed by atoms with Gasteiger partial charge in [0, 0.05) is 20.6 Å². The zero-order chi connectivity index (χ0) is 15.3. The van der Waals surface area contributed by atoms with Crippen molar-refractivity contribution in [3.8, 4) is 0 Å². The van der Waals surface area contributed by atoms with Crippen LogP contribution in [0.15, 0.2) is 29.2 Å². The van der Waals surface area contributed by atoms with Crippen LogP contribution in [0.25, 0.3) is 0 Å². The Bertz CT molecular complexity index is 573. The lowest BCUT2D eigenvalue weighted by Gasteiger charge is -2.23. The minimum atomic E-state index is -4.01. The minimum Gasteiger partial charge on any atom is -0.348 e. The summed E-state index contributed by atoms with van der Waals surface area (Å²) in [5.41, 5.74) is 0. The summed E-state index contributed by atoms with van der Waals surface area (Å²) in [6, 6.07) is 5.16. The fraction of sp³-hybridized carbons (Fsp3) is 0.462. The Morgan fingerprint density at radius 2 is 1.85 bits per heavy atom. The van der Waals surface area contributed by atoms with Crippen LogP contribution in [-0.4, -0.2) is 50.7 Å². The number of benzene rings is 1. The quantitative estimate of drug-likeness (QED) is 0.796. The second-order valence-corrected chi connectivity index (χ2v) is 6.46. The Kier molecular flexibility index (Phi) is 5.64. The van der Waals surface area contributed by atoms with Crippen LogP contribution < -0.4 is 0 Å². The summed E-state index contributed by atoms with van der Waals surface area (Å²) in [5, 5.41) is 0. The van der Waals surface area contributed by atoms with E-state index in [9.17, 15) is 17.6 Å². The molecule has 0 radical (unpaired) electrons. The van der Waals surface area contributed by atoms with Gasteiger partial charge >= 0.3 is 0 Å². The third kappa shape index (κ3) is 3.77. The summed E-state index contributed by atoms with van der Waals surface area (Å²) in [5.74, 6) is -1.16. The highest BCUT2D eigenvalue weighted by atomic mass is 32.2. The van der Waals surface area contributed by atoms with E-state index in [2.05, 4.69) is 0 Å². The molecule has 1 aromatic rings. The molecule has 1 aromatic carbocycles. The van der Waals surface area contributed by atoms with Gasteiger partial charge in [0.2, 0.25) is 15.9 Å². The molecule has 0 aliphatic carbocycles. The number of sulfonamides is 1. The Hall–Kier alpha value is -1.47. The summed E-state index contributed by atoms with van der Waals surface area (Å²) < 4.78 is 39.5. The van der Waals surface area contributed by atoms with Gasteiger partial charge in [-0.05, 0) is 18.6 Å². The van der Waals surface area contributed by atoms with Gasteiger partial charge in [0.15, 0.2) is 0 Å². The first-order valence-corrected chi connectivity index (χ1v) is 7.69. The standard InChI is InChI=1S/C13H19FN2O3S/c1-4-9-16(10-13(17)15(2)3)20(18,19)12-8-6-5-7-11(12)14/h5-8H,4,9-10H2,1-3H3. The van der Waals surface area contributed by atoms with Crippen molar-refractivity contribution in [1.29, 1.82) is 0 Å². The molecule has 0 heterocycles. The third-order valence-corrected chi connectivity index (χ3v) is 4.62. The number of nitrogens with zero attached hydrogens (tertiary/aromatic N) is 2. The van der Waals surface area contributed by atoms with Gasteiger partial charge in [-0.2, -0.15) is 4.31 Å². The van der Waals surface area contributed by atoms with E-state index in [-0.39, 0.29) is 19.0 Å². The van der Waals surface area contributed by atoms with Crippen LogP contribution in [0.3, 0.4) is 0 Å². The average Bonchev–Trinajstić information content (AvgIpc) is 2.38. The molecule has 0 atom stereocenters. The van der Waals surface area contributed by atoms with Crippen LogP contribution in [-0.2, 0) is 14.8 Å². The highest BCUT2D eigenvalue weighted by Crippen LogP contribution is 2.19. The molecule has 0 saturated heterocycles. The Morgan fingerprint density at radius 1 is 1.25 bits per heavy atom. The molecule has 0 unspecified atom stereocenters. The predicted molar refractivity (Wildman–Crippen MR) is 74.1 cm³/mol. The van der Waals surface area contributed by atoms with E-state index in [0.717, 1.165) is 10.4 Å². The monoisotopic (exact) mass is 302 g/mol. The molecule has 0 saturated carbocycles. The van der Waals surface area contributed by atoms with Crippen LogP contribution in [0.1, 0.15) is 13.3 Å². The predicted octanol–water partition coefficient (Wildman–Crippen LogP) is 1.31. The summed E-state index contributed by atoms with van der Waals surface area (Å²) in [6.07, 6.45) is 0.536. The second kappa shape index (κ2) is 6.81. The van der Waals surface area contributed by atoms with E-state index >= 15 is 0 Å². The maximum Gasteiger partial charge on any atom is 0.246 e. The minimum absolute atomic E-state index is 0.163. The zero-order valence-corrected chi connectivity index (χ0v) is 12.7. The number of hydrogen-bond acceptors (Lipinski definition) is 3. The lowest BCUT2D eigenvalue weighted by Crippen LogP contribution is -2.40. The first kappa shape index (κ1) is 16.6. The van der Waals surface area contributed by atoms with Gasteiger partial charge in [0.05, 0.1) is 6.54 Å². The number of rotatable bonds is 6. The molecule has 1 rings (SSSR count). The molecule has 7 heteroatoms. The van der Waals surface area contributed by atoms with Gasteiger partial charge in [0.1, 0.15) is 10.7 Å². The molecule has 0 N–H and O–H groups in total. The highest BCUT2D eigenvalue weighted by Gasteiger charge is 2.28. The Labute approximate surface area is 119 Å². The molecule has 0 bridgehead atoms. The fourth-order valence-electron chi connectivity index (χ4n) is 1.62. The lowest BCUT2D eigenvalue weighted by molar-refractivity contribution is -0.128. The smallest absolute Gasteiger partial charge is 0.246 e. The van der Waals surface area contributed by atoms with Crippen LogP contribution in [0.5, 0.6) is 0 Å². The third-order valence-electron chi connectivity index (χ3n) is 2.74. The molecule has 0 spiro atoms. The first-order chi connectivity index (χ1) is 9.30. The molecule has 1 amide bonds. The highest BCUT2D eigenvalue weighted by molar-refractivity contribution is 7.89. The van der Waals surface area contributed by atoms with Crippen molar-refractivity contribution in [2.45, 2.75) is 18.2 Å². The number of likely N-dealkylation sites (N-methyl/N-ethyl adjacent to an activating group) is 1. The largest absolute Gasteiger partial charge is 0.348 e. The maximum atomic E-state index is 13.7. The Balaban J connectivity index is 3.13. The summed E-state index contributed by atoms with van der Waals surface area (Å²) in [6.45, 7) is 1.66. The van der Waals surface area contributed by atoms with Crippen LogP contribution in [0.2, 0.25) is 0 Å². The van der Waals surface area contributed by atoms with Gasteiger partial charge in [-0.15, -0.1) is 0 Å². The number of carbonyl (C=O) groups excluding carboxylic acids is 1. The average molecular weight is 302 g/mol. The summed E-state index contributed by atoms with van der Waals surface area (Å²) in [7, 11) is -0.924. The fourth-order valence-corrected chi connectivity index (χ4v) is 3.17. The van der Waals surface area contributed by atoms with Crippen molar-refractivity contribution in [2.24, 2.45) is 0 Å². The van der Waals surface area contributed by atoms with E-state index < -0.39 is 20.7 Å². The van der Waals surface area contributed by atoms with E-state index in [0.29, 0.717) is 6.42 Å². The van der Waals surface area contributed by atoms with Gasteiger partial charge in [-0.25, -0.2) is 12.8 Å². The van der Waals surface area contributed by atoms with Crippen molar-refractivity contribution in [2.75, 3.05) is 27.2 Å². The van der Waals surface area contributed by atoms with Gasteiger partial charge in [-0.1, -0.05) is 19.1 Å². The number of amides is 1. The van der Waals surface area contributed by atoms with Crippen molar-refractivity contribution in [3.05, 3.63) is 30.1 Å². The Morgan fingerprint density at radius 3 is 2.35 bits per heavy atom. The van der Waals surface area contributed by atoms with Crippen molar-refractivity contribution >= 4 is 15.9 Å². The molecular weight excluding hydrogens is 283 g/mol. The molecule has 5 nitrogen and oxygen atoms in total. The molecule has 0 aliphatic heterocycles. The maximum absolute atomic E-state index is 13.7.